The molecule has 1 unspecified atom stereocenters. The van der Waals surface area contributed by atoms with Crippen LogP contribution in [0.2, 0.25) is 0 Å². The van der Waals surface area contributed by atoms with Crippen LogP contribution in [0.25, 0.3) is 22.4 Å². The van der Waals surface area contributed by atoms with Gasteiger partial charge in [0.2, 0.25) is 5.89 Å². The maximum absolute atomic E-state index is 11.7. The highest BCUT2D eigenvalue weighted by atomic mass is 16.6. The van der Waals surface area contributed by atoms with E-state index in [0.717, 1.165) is 39.3 Å². The number of carbonyl (C=O) groups excluding carboxylic acids is 2. The zero-order valence-corrected chi connectivity index (χ0v) is 16.2. The van der Waals surface area contributed by atoms with E-state index in [1.807, 2.05) is 61.5 Å². The third-order valence-corrected chi connectivity index (χ3v) is 5.10. The number of hydrogen-bond donors (Lipinski definition) is 1. The van der Waals surface area contributed by atoms with Crippen molar-refractivity contribution in [1.29, 1.82) is 0 Å². The maximum atomic E-state index is 11.7. The number of cyclic esters (lactones) is 2. The molecule has 1 saturated heterocycles. The lowest BCUT2D eigenvalue weighted by molar-refractivity contribution is -0.135. The molecule has 3 heterocycles. The number of aromatic nitrogens is 1. The summed E-state index contributed by atoms with van der Waals surface area (Å²) in [7, 11) is 0. The highest BCUT2D eigenvalue weighted by Crippen LogP contribution is 2.27. The third-order valence-electron chi connectivity index (χ3n) is 5.10. The molecule has 5 rings (SSSR count). The number of alkyl carbamates (subject to hydrolysis) is 1. The first kappa shape index (κ1) is 18.2. The summed E-state index contributed by atoms with van der Waals surface area (Å²) >= 11 is 0. The molecule has 0 spiro atoms. The minimum absolute atomic E-state index is 0.365. The van der Waals surface area contributed by atoms with Gasteiger partial charge in [-0.1, -0.05) is 24.3 Å². The largest absolute Gasteiger partial charge is 0.461 e. The minimum Gasteiger partial charge on any atom is -0.461 e. The van der Waals surface area contributed by atoms with Crippen LogP contribution < -0.4 is 5.32 Å². The number of hydrogen-bond acceptors (Lipinski definition) is 6. The minimum atomic E-state index is -0.700. The van der Waals surface area contributed by atoms with E-state index in [9.17, 15) is 9.59 Å². The number of rotatable bonds is 5. The van der Waals surface area contributed by atoms with Crippen molar-refractivity contribution in [2.75, 3.05) is 0 Å². The predicted molar refractivity (Wildman–Crippen MR) is 108 cm³/mol. The van der Waals surface area contributed by atoms with Gasteiger partial charge in [-0.05, 0) is 42.8 Å². The van der Waals surface area contributed by atoms with Crippen molar-refractivity contribution in [3.05, 3.63) is 77.4 Å². The van der Waals surface area contributed by atoms with Crippen LogP contribution in [0, 0.1) is 6.92 Å². The molecule has 30 heavy (non-hydrogen) atoms. The number of nitrogens with zero attached hydrogens (tertiary/aromatic N) is 1. The fourth-order valence-corrected chi connectivity index (χ4v) is 3.59. The predicted octanol–water partition coefficient (Wildman–Crippen LogP) is 4.16. The average Bonchev–Trinajstić information content (AvgIpc) is 3.39. The molecule has 1 amide bonds. The SMILES string of the molecule is Cc1oc(-c2ccccc2)nc1Cc1cc2cc(CC3NC(=O)OC3=O)ccc2o1. The van der Waals surface area contributed by atoms with Gasteiger partial charge >= 0.3 is 12.1 Å². The Bertz CT molecular complexity index is 1260. The quantitative estimate of drug-likeness (QED) is 0.398. The van der Waals surface area contributed by atoms with Crippen LogP contribution in [0.1, 0.15) is 22.8 Å². The van der Waals surface area contributed by atoms with Gasteiger partial charge in [-0.2, -0.15) is 0 Å². The highest BCUT2D eigenvalue weighted by molar-refractivity contribution is 5.95. The van der Waals surface area contributed by atoms with E-state index < -0.39 is 18.1 Å². The number of nitrogens with one attached hydrogen (secondary N) is 1. The molecule has 0 saturated carbocycles. The fraction of sp³-hybridized carbons (Fsp3) is 0.174. The van der Waals surface area contributed by atoms with Gasteiger partial charge in [0.15, 0.2) is 0 Å². The summed E-state index contributed by atoms with van der Waals surface area (Å²) in [6.45, 7) is 1.89. The van der Waals surface area contributed by atoms with Crippen LogP contribution in [-0.4, -0.2) is 23.1 Å². The summed E-state index contributed by atoms with van der Waals surface area (Å²) in [6, 6.07) is 16.8. The second-order valence-electron chi connectivity index (χ2n) is 7.26. The van der Waals surface area contributed by atoms with Crippen LogP contribution in [0.3, 0.4) is 0 Å². The van der Waals surface area contributed by atoms with Crippen molar-refractivity contribution < 1.29 is 23.2 Å². The number of aryl methyl sites for hydroxylation is 1. The van der Waals surface area contributed by atoms with Gasteiger partial charge < -0.3 is 18.9 Å². The normalized spacial score (nSPS) is 16.1. The number of carbonyl (C=O) groups is 2. The molecule has 1 fully saturated rings. The number of ether oxygens (including phenoxy) is 1. The number of benzene rings is 2. The smallest absolute Gasteiger partial charge is 0.415 e. The van der Waals surface area contributed by atoms with Gasteiger partial charge in [0.05, 0.1) is 12.1 Å². The van der Waals surface area contributed by atoms with Gasteiger partial charge in [0.1, 0.15) is 23.1 Å². The molecule has 0 radical (unpaired) electrons. The van der Waals surface area contributed by atoms with Crippen molar-refractivity contribution in [3.63, 3.8) is 0 Å². The topological polar surface area (TPSA) is 94.6 Å². The van der Waals surface area contributed by atoms with Gasteiger partial charge in [0.25, 0.3) is 0 Å². The van der Waals surface area contributed by atoms with E-state index >= 15 is 0 Å². The lowest BCUT2D eigenvalue weighted by atomic mass is 10.0. The van der Waals surface area contributed by atoms with E-state index in [1.165, 1.54) is 0 Å². The van der Waals surface area contributed by atoms with Crippen molar-refractivity contribution in [2.45, 2.75) is 25.8 Å². The van der Waals surface area contributed by atoms with Crippen molar-refractivity contribution in [1.82, 2.24) is 10.3 Å². The lowest BCUT2D eigenvalue weighted by Crippen LogP contribution is -2.30. The molecule has 1 aliphatic heterocycles. The Hall–Kier alpha value is -3.87. The highest BCUT2D eigenvalue weighted by Gasteiger charge is 2.32. The Balaban J connectivity index is 1.36. The van der Waals surface area contributed by atoms with Gasteiger partial charge in [-0.3, -0.25) is 0 Å². The van der Waals surface area contributed by atoms with E-state index in [2.05, 4.69) is 15.0 Å². The van der Waals surface area contributed by atoms with Crippen LogP contribution in [-0.2, 0) is 22.4 Å². The van der Waals surface area contributed by atoms with E-state index in [4.69, 9.17) is 8.83 Å². The molecule has 2 aromatic carbocycles. The summed E-state index contributed by atoms with van der Waals surface area (Å²) in [5.74, 6) is 1.56. The molecule has 1 atom stereocenters. The Morgan fingerprint density at radius 3 is 2.63 bits per heavy atom. The van der Waals surface area contributed by atoms with Gasteiger partial charge in [-0.15, -0.1) is 0 Å². The third kappa shape index (κ3) is 3.45. The molecule has 7 heteroatoms. The summed E-state index contributed by atoms with van der Waals surface area (Å²) in [5.41, 5.74) is 3.40. The molecule has 1 aliphatic rings. The van der Waals surface area contributed by atoms with Crippen LogP contribution in [0.5, 0.6) is 0 Å². The molecular weight excluding hydrogens is 384 g/mol. The maximum Gasteiger partial charge on any atom is 0.415 e. The van der Waals surface area contributed by atoms with E-state index in [-0.39, 0.29) is 0 Å². The number of fused-ring (bicyclic) bond motifs is 1. The van der Waals surface area contributed by atoms with Crippen molar-refractivity contribution >= 4 is 23.0 Å². The zero-order chi connectivity index (χ0) is 20.7. The Kier molecular flexibility index (Phi) is 4.35. The molecule has 1 N–H and O–H groups in total. The number of esters is 1. The number of amides is 1. The fourth-order valence-electron chi connectivity index (χ4n) is 3.59. The number of oxazole rings is 1. The van der Waals surface area contributed by atoms with Crippen molar-refractivity contribution in [3.8, 4) is 11.5 Å². The second-order valence-corrected chi connectivity index (χ2v) is 7.26. The average molecular weight is 402 g/mol. The van der Waals surface area contributed by atoms with Crippen LogP contribution in [0.15, 0.2) is 63.4 Å². The molecule has 7 nitrogen and oxygen atoms in total. The first-order valence-electron chi connectivity index (χ1n) is 9.60. The van der Waals surface area contributed by atoms with Gasteiger partial charge in [0, 0.05) is 17.4 Å². The van der Waals surface area contributed by atoms with E-state index in [1.54, 1.807) is 0 Å². The summed E-state index contributed by atoms with van der Waals surface area (Å²) in [6.07, 6.45) is 0.177. The van der Waals surface area contributed by atoms with E-state index in [0.29, 0.717) is 18.7 Å². The Morgan fingerprint density at radius 1 is 1.03 bits per heavy atom. The Morgan fingerprint density at radius 2 is 1.87 bits per heavy atom. The zero-order valence-electron chi connectivity index (χ0n) is 16.2. The first-order chi connectivity index (χ1) is 14.5. The first-order valence-corrected chi connectivity index (χ1v) is 9.60. The second kappa shape index (κ2) is 7.18. The van der Waals surface area contributed by atoms with Crippen LogP contribution >= 0.6 is 0 Å². The van der Waals surface area contributed by atoms with Gasteiger partial charge in [-0.25, -0.2) is 14.6 Å². The Labute approximate surface area is 171 Å². The molecule has 4 aromatic rings. The van der Waals surface area contributed by atoms with Crippen molar-refractivity contribution in [2.24, 2.45) is 0 Å². The summed E-state index contributed by atoms with van der Waals surface area (Å²) in [4.78, 5) is 27.5. The molecular formula is C23H18N2O5. The van der Waals surface area contributed by atoms with Crippen LogP contribution in [0.4, 0.5) is 4.79 Å². The monoisotopic (exact) mass is 402 g/mol. The lowest BCUT2D eigenvalue weighted by Gasteiger charge is -2.05. The standard InChI is InChI=1S/C23H18N2O5/c1-13-18(24-21(28-13)15-5-3-2-4-6-15)12-17-11-16-9-14(7-8-20(16)29-17)10-19-22(26)30-23(27)25-19/h2-9,11,19H,10,12H2,1H3,(H,25,27). The molecule has 150 valence electrons. The summed E-state index contributed by atoms with van der Waals surface area (Å²) in [5, 5.41) is 3.43. The molecule has 0 aliphatic carbocycles. The number of furan rings is 1. The summed E-state index contributed by atoms with van der Waals surface area (Å²) < 4.78 is 16.3. The molecule has 0 bridgehead atoms. The molecule has 2 aromatic heterocycles.